The Labute approximate surface area is 192 Å². The molecule has 2 N–H and O–H groups in total. The van der Waals surface area contributed by atoms with E-state index in [1.165, 1.54) is 18.2 Å². The van der Waals surface area contributed by atoms with Crippen molar-refractivity contribution in [1.29, 1.82) is 5.26 Å². The van der Waals surface area contributed by atoms with E-state index in [2.05, 4.69) is 10.0 Å². The molecule has 0 aliphatic rings. The van der Waals surface area contributed by atoms with Crippen molar-refractivity contribution in [2.75, 3.05) is 23.3 Å². The van der Waals surface area contributed by atoms with E-state index in [9.17, 15) is 13.2 Å². The van der Waals surface area contributed by atoms with Crippen LogP contribution < -0.4 is 19.5 Å². The predicted octanol–water partition coefficient (Wildman–Crippen LogP) is 4.08. The molecule has 0 radical (unpaired) electrons. The van der Waals surface area contributed by atoms with E-state index in [0.717, 1.165) is 0 Å². The summed E-state index contributed by atoms with van der Waals surface area (Å²) in [6.45, 7) is 3.82. The summed E-state index contributed by atoms with van der Waals surface area (Å²) >= 11 is 0. The second-order valence-corrected chi connectivity index (χ2v) is 8.70. The number of nitrogens with one attached hydrogen (secondary N) is 2. The summed E-state index contributed by atoms with van der Waals surface area (Å²) in [6.07, 6.45) is 0. The maximum absolute atomic E-state index is 12.7. The lowest BCUT2D eigenvalue weighted by Crippen LogP contribution is -2.20. The molecule has 170 valence electrons. The number of ether oxygens (including phenoxy) is 2. The van der Waals surface area contributed by atoms with Gasteiger partial charge in [-0.1, -0.05) is 6.07 Å². The maximum Gasteiger partial charge on any atom is 0.262 e. The summed E-state index contributed by atoms with van der Waals surface area (Å²) in [5.41, 5.74) is 1.89. The first kappa shape index (κ1) is 23.6. The number of anilines is 2. The molecule has 0 saturated carbocycles. The van der Waals surface area contributed by atoms with Crippen LogP contribution in [0.5, 0.6) is 11.5 Å². The lowest BCUT2D eigenvalue weighted by atomic mass is 10.2. The summed E-state index contributed by atoms with van der Waals surface area (Å²) < 4.78 is 38.9. The normalized spacial score (nSPS) is 10.7. The van der Waals surface area contributed by atoms with E-state index in [1.807, 2.05) is 13.0 Å². The number of benzene rings is 3. The Hall–Kier alpha value is -4.03. The van der Waals surface area contributed by atoms with E-state index in [4.69, 9.17) is 14.7 Å². The van der Waals surface area contributed by atoms with Gasteiger partial charge in [0.1, 0.15) is 11.5 Å². The minimum absolute atomic E-state index is 0.0685. The summed E-state index contributed by atoms with van der Waals surface area (Å²) in [5, 5.41) is 11.6. The van der Waals surface area contributed by atoms with Crippen LogP contribution in [-0.2, 0) is 14.8 Å². The second kappa shape index (κ2) is 10.5. The number of nitriles is 1. The first-order valence-electron chi connectivity index (χ1n) is 10.1. The summed E-state index contributed by atoms with van der Waals surface area (Å²) in [5.74, 6) is 0.633. The van der Waals surface area contributed by atoms with Gasteiger partial charge < -0.3 is 14.8 Å². The van der Waals surface area contributed by atoms with Gasteiger partial charge in [-0.2, -0.15) is 5.26 Å². The van der Waals surface area contributed by atoms with Gasteiger partial charge in [0.2, 0.25) is 0 Å². The van der Waals surface area contributed by atoms with Crippen molar-refractivity contribution < 1.29 is 22.7 Å². The van der Waals surface area contributed by atoms with Gasteiger partial charge in [-0.3, -0.25) is 9.52 Å². The molecule has 8 nitrogen and oxygen atoms in total. The highest BCUT2D eigenvalue weighted by Gasteiger charge is 2.16. The smallest absolute Gasteiger partial charge is 0.262 e. The molecule has 3 aromatic carbocycles. The number of sulfonamides is 1. The molecule has 0 aliphatic carbocycles. The fourth-order valence-electron chi connectivity index (χ4n) is 2.96. The monoisotopic (exact) mass is 465 g/mol. The summed E-state index contributed by atoms with van der Waals surface area (Å²) in [6, 6.07) is 19.5. The van der Waals surface area contributed by atoms with Crippen LogP contribution in [0.3, 0.4) is 0 Å². The van der Waals surface area contributed by atoms with E-state index in [1.54, 1.807) is 55.5 Å². The molecule has 33 heavy (non-hydrogen) atoms. The molecule has 1 amide bonds. The molecule has 0 heterocycles. The molecular formula is C24H23N3O5S. The standard InChI is InChI=1S/C24H23N3O5S/c1-3-31-21-9-7-19(8-10-21)27-33(29,30)22-11-12-23(17(2)13-22)32-16-24(28)26-20-6-4-5-18(14-20)15-25/h4-14,27H,3,16H2,1-2H3,(H,26,28). The number of hydrogen-bond acceptors (Lipinski definition) is 6. The highest BCUT2D eigenvalue weighted by Crippen LogP contribution is 2.24. The molecular weight excluding hydrogens is 442 g/mol. The van der Waals surface area contributed by atoms with Gasteiger partial charge in [0, 0.05) is 11.4 Å². The fourth-order valence-corrected chi connectivity index (χ4v) is 4.10. The third-order valence-corrected chi connectivity index (χ3v) is 5.89. The Bertz CT molecular complexity index is 1280. The first-order chi connectivity index (χ1) is 15.8. The first-order valence-corrected chi connectivity index (χ1v) is 11.6. The van der Waals surface area contributed by atoms with E-state index >= 15 is 0 Å². The molecule has 3 rings (SSSR count). The van der Waals surface area contributed by atoms with E-state index in [-0.39, 0.29) is 11.5 Å². The van der Waals surface area contributed by atoms with Crippen LogP contribution in [0.2, 0.25) is 0 Å². The molecule has 0 saturated heterocycles. The largest absolute Gasteiger partial charge is 0.494 e. The number of hydrogen-bond donors (Lipinski definition) is 2. The van der Waals surface area contributed by atoms with Gasteiger partial charge in [-0.25, -0.2) is 8.42 Å². The van der Waals surface area contributed by atoms with Crippen molar-refractivity contribution >= 4 is 27.3 Å². The average Bonchev–Trinajstić information content (AvgIpc) is 2.79. The van der Waals surface area contributed by atoms with Crippen LogP contribution in [-0.4, -0.2) is 27.5 Å². The topological polar surface area (TPSA) is 118 Å². The van der Waals surface area contributed by atoms with Crippen LogP contribution in [0.1, 0.15) is 18.1 Å². The Morgan fingerprint density at radius 2 is 1.76 bits per heavy atom. The highest BCUT2D eigenvalue weighted by atomic mass is 32.2. The Morgan fingerprint density at radius 3 is 2.42 bits per heavy atom. The van der Waals surface area contributed by atoms with Gasteiger partial charge in [0.15, 0.2) is 6.61 Å². The second-order valence-electron chi connectivity index (χ2n) is 7.02. The van der Waals surface area contributed by atoms with Gasteiger partial charge in [0.05, 0.1) is 23.1 Å². The molecule has 0 aliphatic heterocycles. The number of aryl methyl sites for hydroxylation is 1. The minimum Gasteiger partial charge on any atom is -0.494 e. The zero-order valence-electron chi connectivity index (χ0n) is 18.2. The van der Waals surface area contributed by atoms with Crippen molar-refractivity contribution in [2.45, 2.75) is 18.7 Å². The van der Waals surface area contributed by atoms with Crippen LogP contribution in [0, 0.1) is 18.3 Å². The van der Waals surface area contributed by atoms with Gasteiger partial charge in [-0.15, -0.1) is 0 Å². The van der Waals surface area contributed by atoms with Crippen molar-refractivity contribution in [2.24, 2.45) is 0 Å². The Balaban J connectivity index is 1.62. The Morgan fingerprint density at radius 1 is 1.00 bits per heavy atom. The number of rotatable bonds is 9. The molecule has 0 aromatic heterocycles. The molecule has 0 spiro atoms. The molecule has 0 fully saturated rings. The van der Waals surface area contributed by atoms with E-state index < -0.39 is 15.9 Å². The van der Waals surface area contributed by atoms with Crippen molar-refractivity contribution in [1.82, 2.24) is 0 Å². The summed E-state index contributed by atoms with van der Waals surface area (Å²) in [7, 11) is -3.81. The zero-order chi connectivity index (χ0) is 23.8. The van der Waals surface area contributed by atoms with Crippen molar-refractivity contribution in [3.8, 4) is 17.6 Å². The number of nitrogens with zero attached hydrogens (tertiary/aromatic N) is 1. The van der Waals surface area contributed by atoms with Gasteiger partial charge in [0.25, 0.3) is 15.9 Å². The highest BCUT2D eigenvalue weighted by molar-refractivity contribution is 7.92. The fraction of sp³-hybridized carbons (Fsp3) is 0.167. The Kier molecular flexibility index (Phi) is 7.53. The average molecular weight is 466 g/mol. The van der Waals surface area contributed by atoms with Crippen LogP contribution >= 0.6 is 0 Å². The van der Waals surface area contributed by atoms with Crippen LogP contribution in [0.25, 0.3) is 0 Å². The number of carbonyl (C=O) groups excluding carboxylic acids is 1. The molecule has 3 aromatic rings. The molecule has 0 unspecified atom stereocenters. The lowest BCUT2D eigenvalue weighted by Gasteiger charge is -2.13. The van der Waals surface area contributed by atoms with Crippen molar-refractivity contribution in [3.05, 3.63) is 77.9 Å². The lowest BCUT2D eigenvalue weighted by molar-refractivity contribution is -0.118. The minimum atomic E-state index is -3.81. The zero-order valence-corrected chi connectivity index (χ0v) is 19.0. The molecule has 0 atom stereocenters. The third kappa shape index (κ3) is 6.48. The quantitative estimate of drug-likeness (QED) is 0.492. The number of amides is 1. The van der Waals surface area contributed by atoms with Crippen LogP contribution in [0.4, 0.5) is 11.4 Å². The molecule has 0 bridgehead atoms. The van der Waals surface area contributed by atoms with Gasteiger partial charge in [-0.05, 0) is 80.1 Å². The number of carbonyl (C=O) groups is 1. The predicted molar refractivity (Wildman–Crippen MR) is 125 cm³/mol. The summed E-state index contributed by atoms with van der Waals surface area (Å²) in [4.78, 5) is 12.2. The third-order valence-electron chi connectivity index (χ3n) is 4.51. The maximum atomic E-state index is 12.7. The van der Waals surface area contributed by atoms with E-state index in [0.29, 0.717) is 40.6 Å². The van der Waals surface area contributed by atoms with Crippen molar-refractivity contribution in [3.63, 3.8) is 0 Å². The molecule has 9 heteroatoms. The van der Waals surface area contributed by atoms with Gasteiger partial charge >= 0.3 is 0 Å². The SMILES string of the molecule is CCOc1ccc(NS(=O)(=O)c2ccc(OCC(=O)Nc3cccc(C#N)c3)c(C)c2)cc1. The van der Waals surface area contributed by atoms with Crippen LogP contribution in [0.15, 0.2) is 71.6 Å².